The molecule has 0 spiro atoms. The standard InChI is InChI=1S/C22H26N2O4/c1-14(2)11-20(25)24-19-8-7-17(12-15(19)3)21(26)23-10-9-16-5-4-6-18(13-16)22(27)28/h4-8,12-14H,9-11H2,1-3H3,(H,23,26)(H,24,25)(H,27,28). The Morgan fingerprint density at radius 2 is 1.79 bits per heavy atom. The van der Waals surface area contributed by atoms with Gasteiger partial charge in [-0.15, -0.1) is 0 Å². The third-order valence-electron chi connectivity index (χ3n) is 4.23. The van der Waals surface area contributed by atoms with Crippen LogP contribution in [-0.4, -0.2) is 29.4 Å². The van der Waals surface area contributed by atoms with Crippen LogP contribution in [0.5, 0.6) is 0 Å². The number of rotatable bonds is 8. The fourth-order valence-corrected chi connectivity index (χ4v) is 2.80. The highest BCUT2D eigenvalue weighted by atomic mass is 16.4. The summed E-state index contributed by atoms with van der Waals surface area (Å²) >= 11 is 0. The van der Waals surface area contributed by atoms with E-state index in [0.29, 0.717) is 30.6 Å². The van der Waals surface area contributed by atoms with Crippen LogP contribution in [0.2, 0.25) is 0 Å². The molecule has 0 bridgehead atoms. The van der Waals surface area contributed by atoms with Gasteiger partial charge in [-0.3, -0.25) is 9.59 Å². The van der Waals surface area contributed by atoms with E-state index in [9.17, 15) is 14.4 Å². The molecule has 0 aliphatic carbocycles. The first kappa shape index (κ1) is 21.2. The zero-order chi connectivity index (χ0) is 20.7. The number of nitrogens with one attached hydrogen (secondary N) is 2. The van der Waals surface area contributed by atoms with Gasteiger partial charge in [0.05, 0.1) is 5.56 Å². The van der Waals surface area contributed by atoms with E-state index in [2.05, 4.69) is 10.6 Å². The molecule has 0 aromatic heterocycles. The smallest absolute Gasteiger partial charge is 0.335 e. The molecule has 2 aromatic carbocycles. The summed E-state index contributed by atoms with van der Waals surface area (Å²) in [7, 11) is 0. The van der Waals surface area contributed by atoms with E-state index >= 15 is 0 Å². The largest absolute Gasteiger partial charge is 0.478 e. The van der Waals surface area contributed by atoms with Crippen LogP contribution < -0.4 is 10.6 Å². The van der Waals surface area contributed by atoms with Crippen molar-refractivity contribution in [2.24, 2.45) is 5.92 Å². The van der Waals surface area contributed by atoms with Gasteiger partial charge in [-0.2, -0.15) is 0 Å². The molecular formula is C22H26N2O4. The van der Waals surface area contributed by atoms with Crippen molar-refractivity contribution in [2.45, 2.75) is 33.6 Å². The van der Waals surface area contributed by atoms with Crippen molar-refractivity contribution in [1.82, 2.24) is 5.32 Å². The van der Waals surface area contributed by atoms with Crippen molar-refractivity contribution in [3.63, 3.8) is 0 Å². The Hall–Kier alpha value is -3.15. The highest BCUT2D eigenvalue weighted by Gasteiger charge is 2.11. The van der Waals surface area contributed by atoms with E-state index in [-0.39, 0.29) is 23.3 Å². The van der Waals surface area contributed by atoms with E-state index in [4.69, 9.17) is 5.11 Å². The predicted octanol–water partition coefficient (Wildman–Crippen LogP) is 3.65. The summed E-state index contributed by atoms with van der Waals surface area (Å²) in [6.45, 7) is 6.21. The number of carbonyl (C=O) groups is 3. The van der Waals surface area contributed by atoms with Gasteiger partial charge in [-0.05, 0) is 60.7 Å². The maximum Gasteiger partial charge on any atom is 0.335 e. The van der Waals surface area contributed by atoms with Crippen LogP contribution in [-0.2, 0) is 11.2 Å². The van der Waals surface area contributed by atoms with Gasteiger partial charge in [0, 0.05) is 24.2 Å². The number of hydrogen-bond donors (Lipinski definition) is 3. The molecule has 6 nitrogen and oxygen atoms in total. The Morgan fingerprint density at radius 1 is 1.04 bits per heavy atom. The molecule has 0 unspecified atom stereocenters. The summed E-state index contributed by atoms with van der Waals surface area (Å²) in [4.78, 5) is 35.3. The first-order valence-corrected chi connectivity index (χ1v) is 9.27. The molecule has 2 aromatic rings. The van der Waals surface area contributed by atoms with Crippen molar-refractivity contribution >= 4 is 23.5 Å². The second kappa shape index (κ2) is 9.69. The number of carbonyl (C=O) groups excluding carboxylic acids is 2. The van der Waals surface area contributed by atoms with Crippen LogP contribution in [0.25, 0.3) is 0 Å². The lowest BCUT2D eigenvalue weighted by molar-refractivity contribution is -0.116. The van der Waals surface area contributed by atoms with Crippen molar-refractivity contribution in [3.8, 4) is 0 Å². The number of benzene rings is 2. The minimum absolute atomic E-state index is 0.0427. The maximum absolute atomic E-state index is 12.3. The van der Waals surface area contributed by atoms with E-state index in [1.165, 1.54) is 6.07 Å². The molecule has 28 heavy (non-hydrogen) atoms. The van der Waals surface area contributed by atoms with Crippen molar-refractivity contribution in [1.29, 1.82) is 0 Å². The Balaban J connectivity index is 1.92. The van der Waals surface area contributed by atoms with Gasteiger partial charge >= 0.3 is 5.97 Å². The van der Waals surface area contributed by atoms with Gasteiger partial charge in [0.2, 0.25) is 5.91 Å². The van der Waals surface area contributed by atoms with Crippen molar-refractivity contribution in [2.75, 3.05) is 11.9 Å². The Kier molecular flexibility index (Phi) is 7.32. The monoisotopic (exact) mass is 382 g/mol. The summed E-state index contributed by atoms with van der Waals surface area (Å²) in [6.07, 6.45) is 0.986. The second-order valence-electron chi connectivity index (χ2n) is 7.19. The maximum atomic E-state index is 12.3. The Morgan fingerprint density at radius 3 is 2.43 bits per heavy atom. The fraction of sp³-hybridized carbons (Fsp3) is 0.318. The van der Waals surface area contributed by atoms with E-state index in [0.717, 1.165) is 11.1 Å². The van der Waals surface area contributed by atoms with Gasteiger partial charge in [-0.25, -0.2) is 4.79 Å². The van der Waals surface area contributed by atoms with Gasteiger partial charge in [0.25, 0.3) is 5.91 Å². The summed E-state index contributed by atoms with van der Waals surface area (Å²) in [5, 5.41) is 14.7. The summed E-state index contributed by atoms with van der Waals surface area (Å²) in [5.41, 5.74) is 3.11. The third-order valence-corrected chi connectivity index (χ3v) is 4.23. The molecule has 2 amide bonds. The van der Waals surface area contributed by atoms with Crippen LogP contribution in [0, 0.1) is 12.8 Å². The van der Waals surface area contributed by atoms with Crippen molar-refractivity contribution < 1.29 is 19.5 Å². The Bertz CT molecular complexity index is 875. The SMILES string of the molecule is Cc1cc(C(=O)NCCc2cccc(C(=O)O)c2)ccc1NC(=O)CC(C)C. The molecule has 6 heteroatoms. The summed E-state index contributed by atoms with van der Waals surface area (Å²) in [6, 6.07) is 11.8. The minimum Gasteiger partial charge on any atom is -0.478 e. The molecule has 0 heterocycles. The molecule has 0 aliphatic rings. The van der Waals surface area contributed by atoms with Crippen LogP contribution >= 0.6 is 0 Å². The third kappa shape index (κ3) is 6.23. The van der Waals surface area contributed by atoms with Gasteiger partial charge in [0.15, 0.2) is 0 Å². The normalized spacial score (nSPS) is 10.6. The number of aromatic carboxylic acids is 1. The molecule has 0 fully saturated rings. The topological polar surface area (TPSA) is 95.5 Å². The number of carboxylic acid groups (broad SMARTS) is 1. The number of anilines is 1. The van der Waals surface area contributed by atoms with Crippen molar-refractivity contribution in [3.05, 3.63) is 64.7 Å². The first-order chi connectivity index (χ1) is 13.3. The average Bonchev–Trinajstić information content (AvgIpc) is 2.62. The number of aryl methyl sites for hydroxylation is 1. The quantitative estimate of drug-likeness (QED) is 0.649. The molecule has 2 rings (SSSR count). The van der Waals surface area contributed by atoms with Gasteiger partial charge in [0.1, 0.15) is 0 Å². The number of carboxylic acids is 1. The van der Waals surface area contributed by atoms with E-state index in [1.807, 2.05) is 26.8 Å². The lowest BCUT2D eigenvalue weighted by Gasteiger charge is -2.12. The molecule has 0 radical (unpaired) electrons. The second-order valence-corrected chi connectivity index (χ2v) is 7.19. The zero-order valence-electron chi connectivity index (χ0n) is 16.4. The highest BCUT2D eigenvalue weighted by Crippen LogP contribution is 2.17. The minimum atomic E-state index is -0.970. The molecule has 0 saturated carbocycles. The van der Waals surface area contributed by atoms with Gasteiger partial charge < -0.3 is 15.7 Å². The number of hydrogen-bond acceptors (Lipinski definition) is 3. The highest BCUT2D eigenvalue weighted by molar-refractivity contribution is 5.96. The molecule has 0 aliphatic heterocycles. The van der Waals surface area contributed by atoms with E-state index in [1.54, 1.807) is 30.3 Å². The summed E-state index contributed by atoms with van der Waals surface area (Å²) in [5.74, 6) is -0.945. The van der Waals surface area contributed by atoms with Crippen LogP contribution in [0.4, 0.5) is 5.69 Å². The number of amides is 2. The first-order valence-electron chi connectivity index (χ1n) is 9.27. The zero-order valence-corrected chi connectivity index (χ0v) is 16.4. The van der Waals surface area contributed by atoms with Crippen LogP contribution in [0.15, 0.2) is 42.5 Å². The van der Waals surface area contributed by atoms with Gasteiger partial charge in [-0.1, -0.05) is 26.0 Å². The molecule has 0 atom stereocenters. The molecular weight excluding hydrogens is 356 g/mol. The predicted molar refractivity (Wildman–Crippen MR) is 109 cm³/mol. The average molecular weight is 382 g/mol. The molecule has 0 saturated heterocycles. The van der Waals surface area contributed by atoms with Crippen LogP contribution in [0.1, 0.15) is 52.1 Å². The Labute approximate surface area is 165 Å². The molecule has 3 N–H and O–H groups in total. The fourth-order valence-electron chi connectivity index (χ4n) is 2.80. The van der Waals surface area contributed by atoms with Crippen LogP contribution in [0.3, 0.4) is 0 Å². The lowest BCUT2D eigenvalue weighted by atomic mass is 10.1. The van der Waals surface area contributed by atoms with E-state index < -0.39 is 5.97 Å². The lowest BCUT2D eigenvalue weighted by Crippen LogP contribution is -2.26. The molecule has 148 valence electrons. The summed E-state index contributed by atoms with van der Waals surface area (Å²) < 4.78 is 0.